The fourth-order valence-electron chi connectivity index (χ4n) is 0.959. The highest BCUT2D eigenvalue weighted by Gasteiger charge is 2.22. The van der Waals surface area contributed by atoms with Crippen molar-refractivity contribution in [2.45, 2.75) is 12.8 Å². The van der Waals surface area contributed by atoms with Gasteiger partial charge in [0.15, 0.2) is 0 Å². The minimum atomic E-state index is 0.823. The van der Waals surface area contributed by atoms with Gasteiger partial charge in [0.25, 0.3) is 0 Å². The zero-order valence-corrected chi connectivity index (χ0v) is 6.42. The highest BCUT2D eigenvalue weighted by molar-refractivity contribution is 5.17. The number of ether oxygens (including phenoxy) is 1. The first-order chi connectivity index (χ1) is 5.45. The third-order valence-electron chi connectivity index (χ3n) is 1.85. The van der Waals surface area contributed by atoms with E-state index >= 15 is 0 Å². The molecule has 1 aliphatic heterocycles. The van der Waals surface area contributed by atoms with Gasteiger partial charge in [0.2, 0.25) is 6.23 Å². The van der Waals surface area contributed by atoms with Gasteiger partial charge in [-0.1, -0.05) is 6.08 Å². The molecule has 0 atom stereocenters. The molecule has 59 valence electrons. The van der Waals surface area contributed by atoms with Gasteiger partial charge in [0.1, 0.15) is 0 Å². The van der Waals surface area contributed by atoms with E-state index in [-0.39, 0.29) is 0 Å². The number of allylic oxidation sites excluding steroid dienone is 2. The van der Waals surface area contributed by atoms with Crippen molar-refractivity contribution < 1.29 is 4.74 Å². The van der Waals surface area contributed by atoms with Crippen LogP contribution in [-0.4, -0.2) is 6.61 Å². The second kappa shape index (κ2) is 3.09. The summed E-state index contributed by atoms with van der Waals surface area (Å²) in [6, 6.07) is 0. The summed E-state index contributed by atoms with van der Waals surface area (Å²) in [5, 5.41) is 3.03. The topological polar surface area (TPSA) is 21.3 Å². The smallest absolute Gasteiger partial charge is 0.210 e. The first-order valence-electron chi connectivity index (χ1n) is 4.04. The van der Waals surface area contributed by atoms with Crippen LogP contribution < -0.4 is 5.32 Å². The summed E-state index contributed by atoms with van der Waals surface area (Å²) >= 11 is 0. The predicted octanol–water partition coefficient (Wildman–Crippen LogP) is 1.58. The molecule has 0 spiro atoms. The summed E-state index contributed by atoms with van der Waals surface area (Å²) in [6.07, 6.45) is 11.3. The Kier molecular flexibility index (Phi) is 1.95. The first-order valence-corrected chi connectivity index (χ1v) is 4.04. The third-order valence-corrected chi connectivity index (χ3v) is 1.85. The van der Waals surface area contributed by atoms with E-state index in [4.69, 9.17) is 4.74 Å². The van der Waals surface area contributed by atoms with Gasteiger partial charge >= 0.3 is 0 Å². The number of nitrogens with one attached hydrogen (secondary N) is 1. The van der Waals surface area contributed by atoms with Crippen LogP contribution in [0.15, 0.2) is 24.4 Å². The van der Waals surface area contributed by atoms with Crippen LogP contribution in [0.1, 0.15) is 12.8 Å². The molecule has 11 heavy (non-hydrogen) atoms. The van der Waals surface area contributed by atoms with Crippen LogP contribution in [0.5, 0.6) is 0 Å². The highest BCUT2D eigenvalue weighted by Crippen LogP contribution is 2.29. The minimum absolute atomic E-state index is 0.823. The Morgan fingerprint density at radius 3 is 3.00 bits per heavy atom. The van der Waals surface area contributed by atoms with E-state index in [2.05, 4.69) is 5.32 Å². The lowest BCUT2D eigenvalue weighted by atomic mass is 10.3. The maximum Gasteiger partial charge on any atom is 0.210 e. The fraction of sp³-hybridized carbons (Fsp3) is 0.444. The van der Waals surface area contributed by atoms with E-state index in [0.29, 0.717) is 0 Å². The van der Waals surface area contributed by atoms with Crippen LogP contribution in [0.2, 0.25) is 0 Å². The lowest BCUT2D eigenvalue weighted by Gasteiger charge is -2.13. The maximum atomic E-state index is 5.47. The fourth-order valence-corrected chi connectivity index (χ4v) is 0.959. The second-order valence-electron chi connectivity index (χ2n) is 2.98. The lowest BCUT2D eigenvalue weighted by Crippen LogP contribution is -2.18. The van der Waals surface area contributed by atoms with Crippen LogP contribution in [0, 0.1) is 12.1 Å². The molecule has 1 radical (unpaired) electrons. The van der Waals surface area contributed by atoms with Crippen LogP contribution >= 0.6 is 0 Å². The molecule has 2 aliphatic rings. The quantitative estimate of drug-likeness (QED) is 0.659. The van der Waals surface area contributed by atoms with Crippen molar-refractivity contribution in [3.05, 3.63) is 30.7 Å². The van der Waals surface area contributed by atoms with Crippen molar-refractivity contribution in [2.24, 2.45) is 5.92 Å². The van der Waals surface area contributed by atoms with Crippen molar-refractivity contribution in [1.82, 2.24) is 5.32 Å². The molecular weight excluding hydrogens is 138 g/mol. The largest absolute Gasteiger partial charge is 0.356 e. The zero-order chi connectivity index (χ0) is 7.52. The van der Waals surface area contributed by atoms with E-state index in [9.17, 15) is 0 Å². The van der Waals surface area contributed by atoms with Crippen molar-refractivity contribution >= 4 is 0 Å². The van der Waals surface area contributed by atoms with Gasteiger partial charge in [-0.05, 0) is 37.1 Å². The average molecular weight is 150 g/mol. The molecule has 0 saturated heterocycles. The van der Waals surface area contributed by atoms with Crippen molar-refractivity contribution in [1.29, 1.82) is 0 Å². The molecule has 1 aliphatic carbocycles. The molecule has 1 fully saturated rings. The van der Waals surface area contributed by atoms with Gasteiger partial charge in [-0.3, -0.25) is 0 Å². The van der Waals surface area contributed by atoms with Crippen LogP contribution in [0.25, 0.3) is 0 Å². The van der Waals surface area contributed by atoms with Crippen molar-refractivity contribution in [3.8, 4) is 0 Å². The van der Waals surface area contributed by atoms with Crippen molar-refractivity contribution in [2.75, 3.05) is 6.61 Å². The Hall–Kier alpha value is -0.760. The molecule has 0 amide bonds. The van der Waals surface area contributed by atoms with Crippen LogP contribution in [0.4, 0.5) is 0 Å². The molecule has 0 aromatic carbocycles. The molecule has 0 aromatic rings. The van der Waals surface area contributed by atoms with Gasteiger partial charge in [-0.15, -0.1) is 0 Å². The van der Waals surface area contributed by atoms with Crippen LogP contribution in [-0.2, 0) is 4.74 Å². The summed E-state index contributed by atoms with van der Waals surface area (Å²) in [5.41, 5.74) is 0. The Labute approximate surface area is 66.9 Å². The van der Waals surface area contributed by atoms with Crippen LogP contribution in [0.3, 0.4) is 0 Å². The van der Waals surface area contributed by atoms with E-state index in [0.717, 1.165) is 18.8 Å². The molecule has 0 unspecified atom stereocenters. The molecule has 2 heteroatoms. The first kappa shape index (κ1) is 6.92. The SMILES string of the molecule is C1=CN[C](OCC2CC2)C=C1. The molecular formula is C9H12NO. The van der Waals surface area contributed by atoms with Gasteiger partial charge < -0.3 is 10.1 Å². The molecule has 1 heterocycles. The summed E-state index contributed by atoms with van der Waals surface area (Å²) in [7, 11) is 0. The van der Waals surface area contributed by atoms with Crippen molar-refractivity contribution in [3.63, 3.8) is 0 Å². The highest BCUT2D eigenvalue weighted by atomic mass is 16.5. The van der Waals surface area contributed by atoms with E-state index in [1.165, 1.54) is 12.8 Å². The summed E-state index contributed by atoms with van der Waals surface area (Å²) in [4.78, 5) is 0. The van der Waals surface area contributed by atoms with Gasteiger partial charge in [-0.25, -0.2) is 0 Å². The van der Waals surface area contributed by atoms with E-state index in [1.54, 1.807) is 0 Å². The van der Waals surface area contributed by atoms with E-state index in [1.807, 2.05) is 24.4 Å². The Morgan fingerprint density at radius 2 is 2.36 bits per heavy atom. The summed E-state index contributed by atoms with van der Waals surface area (Å²) in [6.45, 7) is 0.876. The van der Waals surface area contributed by atoms with Gasteiger partial charge in [0, 0.05) is 0 Å². The molecule has 1 saturated carbocycles. The minimum Gasteiger partial charge on any atom is -0.356 e. The Bertz CT molecular complexity index is 182. The number of dihydropyridines is 1. The van der Waals surface area contributed by atoms with Gasteiger partial charge in [-0.2, -0.15) is 0 Å². The predicted molar refractivity (Wildman–Crippen MR) is 43.3 cm³/mol. The molecule has 1 N–H and O–H groups in total. The molecule has 2 nitrogen and oxygen atoms in total. The summed E-state index contributed by atoms with van der Waals surface area (Å²) < 4.78 is 5.47. The lowest BCUT2D eigenvalue weighted by molar-refractivity contribution is 0.139. The summed E-state index contributed by atoms with van der Waals surface area (Å²) in [5.74, 6) is 0.823. The zero-order valence-electron chi connectivity index (χ0n) is 6.42. The second-order valence-corrected chi connectivity index (χ2v) is 2.98. The monoisotopic (exact) mass is 150 g/mol. The Balaban J connectivity index is 1.69. The maximum absolute atomic E-state index is 5.47. The number of hydrogen-bond acceptors (Lipinski definition) is 2. The molecule has 0 bridgehead atoms. The molecule has 0 aromatic heterocycles. The average Bonchev–Trinajstić information content (AvgIpc) is 2.86. The standard InChI is InChI=1S/C9H12NO/c1-2-6-10-9(3-1)11-7-8-4-5-8/h1-3,6,8,10H,4-5,7H2. The number of rotatable bonds is 3. The molecule has 2 rings (SSSR count). The Morgan fingerprint density at radius 1 is 1.45 bits per heavy atom. The third kappa shape index (κ3) is 2.09. The number of hydrogen-bond donors (Lipinski definition) is 1. The normalized spacial score (nSPS) is 23.6. The van der Waals surface area contributed by atoms with E-state index < -0.39 is 0 Å². The van der Waals surface area contributed by atoms with Gasteiger partial charge in [0.05, 0.1) is 6.61 Å².